The highest BCUT2D eigenvalue weighted by molar-refractivity contribution is 5.55. The van der Waals surface area contributed by atoms with Gasteiger partial charge in [-0.2, -0.15) is 0 Å². The van der Waals surface area contributed by atoms with Gasteiger partial charge < -0.3 is 5.32 Å². The van der Waals surface area contributed by atoms with Crippen molar-refractivity contribution in [2.24, 2.45) is 10.9 Å². The predicted molar refractivity (Wildman–Crippen MR) is 35.1 cm³/mol. The number of aliphatic imine (C=N–C) groups is 1. The van der Waals surface area contributed by atoms with Crippen molar-refractivity contribution in [2.45, 2.75) is 19.9 Å². The van der Waals surface area contributed by atoms with E-state index in [0.29, 0.717) is 12.0 Å². The summed E-state index contributed by atoms with van der Waals surface area (Å²) < 4.78 is 0. The molecule has 0 amide bonds. The molecule has 1 aliphatic heterocycles. The maximum absolute atomic E-state index is 4.07. The third-order valence-electron chi connectivity index (χ3n) is 1.68. The van der Waals surface area contributed by atoms with Crippen LogP contribution in [0.2, 0.25) is 0 Å². The van der Waals surface area contributed by atoms with Crippen LogP contribution in [0.3, 0.4) is 0 Å². The van der Waals surface area contributed by atoms with Crippen LogP contribution in [0.25, 0.3) is 0 Å². The zero-order valence-corrected chi connectivity index (χ0v) is 5.39. The Morgan fingerprint density at radius 2 is 2.38 bits per heavy atom. The third-order valence-corrected chi connectivity index (χ3v) is 1.68. The Bertz CT molecular complexity index is 86.7. The number of rotatable bonds is 0. The summed E-state index contributed by atoms with van der Waals surface area (Å²) in [4.78, 5) is 4.07. The quantitative estimate of drug-likeness (QED) is 0.488. The average Bonchev–Trinajstić information content (AvgIpc) is 1.77. The van der Waals surface area contributed by atoms with Gasteiger partial charge in [-0.1, -0.05) is 6.92 Å². The van der Waals surface area contributed by atoms with Gasteiger partial charge in [0.25, 0.3) is 0 Å². The first-order valence-electron chi connectivity index (χ1n) is 3.05. The molecule has 1 N–H and O–H groups in total. The molecule has 0 aromatic carbocycles. The van der Waals surface area contributed by atoms with Gasteiger partial charge in [-0.25, -0.2) is 0 Å². The summed E-state index contributed by atoms with van der Waals surface area (Å²) in [7, 11) is 0. The van der Waals surface area contributed by atoms with Gasteiger partial charge in [0.2, 0.25) is 0 Å². The van der Waals surface area contributed by atoms with Crippen molar-refractivity contribution in [3.05, 3.63) is 0 Å². The van der Waals surface area contributed by atoms with Gasteiger partial charge in [0.05, 0.1) is 6.34 Å². The molecule has 0 aromatic rings. The summed E-state index contributed by atoms with van der Waals surface area (Å²) in [6, 6.07) is 0.604. The molecule has 0 saturated heterocycles. The van der Waals surface area contributed by atoms with E-state index in [9.17, 15) is 0 Å². The molecular formula is C6H12N2. The summed E-state index contributed by atoms with van der Waals surface area (Å²) in [6.07, 6.45) is 1.80. The standard InChI is InChI=1S/C6H12N2/c1-5-3-7-4-8-6(5)2/h4-6H,3H2,1-2H3,(H,7,8)/t5-,6-/m0/s1. The molecule has 1 heterocycles. The van der Waals surface area contributed by atoms with Gasteiger partial charge in [0, 0.05) is 12.6 Å². The highest BCUT2D eigenvalue weighted by Gasteiger charge is 2.11. The highest BCUT2D eigenvalue weighted by atomic mass is 15.0. The second-order valence-electron chi connectivity index (χ2n) is 2.43. The first kappa shape index (κ1) is 5.60. The molecule has 0 aliphatic carbocycles. The lowest BCUT2D eigenvalue weighted by Gasteiger charge is -2.21. The third kappa shape index (κ3) is 0.997. The Morgan fingerprint density at radius 3 is 2.75 bits per heavy atom. The number of hydrogen-bond donors (Lipinski definition) is 1. The fraction of sp³-hybridized carbons (Fsp3) is 0.833. The molecule has 2 nitrogen and oxygen atoms in total. The summed E-state index contributed by atoms with van der Waals surface area (Å²) in [5.74, 6) is 0.694. The highest BCUT2D eigenvalue weighted by Crippen LogP contribution is 2.04. The van der Waals surface area contributed by atoms with E-state index in [1.165, 1.54) is 0 Å². The van der Waals surface area contributed by atoms with Crippen LogP contribution in [0.4, 0.5) is 0 Å². The van der Waals surface area contributed by atoms with Crippen molar-refractivity contribution in [2.75, 3.05) is 6.54 Å². The average molecular weight is 112 g/mol. The molecule has 0 saturated carbocycles. The Labute approximate surface area is 50.0 Å². The van der Waals surface area contributed by atoms with Gasteiger partial charge in [-0.3, -0.25) is 4.99 Å². The number of nitrogens with zero attached hydrogens (tertiary/aromatic N) is 1. The molecular weight excluding hydrogens is 100 g/mol. The van der Waals surface area contributed by atoms with E-state index < -0.39 is 0 Å². The Balaban J connectivity index is 2.44. The van der Waals surface area contributed by atoms with E-state index in [-0.39, 0.29) is 0 Å². The second-order valence-corrected chi connectivity index (χ2v) is 2.43. The van der Waals surface area contributed by atoms with Crippen molar-refractivity contribution in [3.8, 4) is 0 Å². The molecule has 8 heavy (non-hydrogen) atoms. The molecule has 0 radical (unpaired) electrons. The van der Waals surface area contributed by atoms with E-state index >= 15 is 0 Å². The zero-order valence-electron chi connectivity index (χ0n) is 5.39. The first-order valence-corrected chi connectivity index (χ1v) is 3.05. The van der Waals surface area contributed by atoms with Crippen LogP contribution < -0.4 is 5.32 Å². The molecule has 0 spiro atoms. The smallest absolute Gasteiger partial charge is 0.0826 e. The van der Waals surface area contributed by atoms with Gasteiger partial charge in [0.15, 0.2) is 0 Å². The molecule has 1 rings (SSSR count). The molecule has 46 valence electrons. The Hall–Kier alpha value is -0.530. The summed E-state index contributed by atoms with van der Waals surface area (Å²) in [5.41, 5.74) is 0. The van der Waals surface area contributed by atoms with E-state index in [1.54, 1.807) is 6.34 Å². The normalized spacial score (nSPS) is 36.8. The van der Waals surface area contributed by atoms with Gasteiger partial charge in [0.1, 0.15) is 0 Å². The van der Waals surface area contributed by atoms with Crippen LogP contribution in [0.15, 0.2) is 4.99 Å². The number of nitrogens with one attached hydrogen (secondary N) is 1. The second kappa shape index (κ2) is 2.16. The summed E-state index contributed by atoms with van der Waals surface area (Å²) >= 11 is 0. The molecule has 1 aliphatic rings. The maximum Gasteiger partial charge on any atom is 0.0826 e. The summed E-state index contributed by atoms with van der Waals surface area (Å²) in [6.45, 7) is 5.36. The summed E-state index contributed by atoms with van der Waals surface area (Å²) in [5, 5.41) is 3.14. The Kier molecular flexibility index (Phi) is 1.51. The molecule has 2 heteroatoms. The monoisotopic (exact) mass is 112 g/mol. The lowest BCUT2D eigenvalue weighted by molar-refractivity contribution is 0.445. The largest absolute Gasteiger partial charge is 0.374 e. The molecule has 0 fully saturated rings. The SMILES string of the molecule is C[C@@H]1NC=NC[C@@H]1C. The molecule has 0 aromatic heterocycles. The van der Waals surface area contributed by atoms with Crippen LogP contribution in [0.1, 0.15) is 13.8 Å². The fourth-order valence-corrected chi connectivity index (χ4v) is 0.712. The number of hydrogen-bond acceptors (Lipinski definition) is 2. The minimum Gasteiger partial charge on any atom is -0.374 e. The Morgan fingerprint density at radius 1 is 1.62 bits per heavy atom. The minimum absolute atomic E-state index is 0.604. The van der Waals surface area contributed by atoms with Crippen LogP contribution in [0.5, 0.6) is 0 Å². The zero-order chi connectivity index (χ0) is 5.98. The minimum atomic E-state index is 0.604. The van der Waals surface area contributed by atoms with Crippen LogP contribution >= 0.6 is 0 Å². The topological polar surface area (TPSA) is 24.4 Å². The van der Waals surface area contributed by atoms with Crippen molar-refractivity contribution in [1.29, 1.82) is 0 Å². The van der Waals surface area contributed by atoms with Gasteiger partial charge in [-0.05, 0) is 12.8 Å². The predicted octanol–water partition coefficient (Wildman–Crippen LogP) is 0.643. The van der Waals surface area contributed by atoms with E-state index in [2.05, 4.69) is 24.2 Å². The lowest BCUT2D eigenvalue weighted by Crippen LogP contribution is -2.36. The van der Waals surface area contributed by atoms with Crippen molar-refractivity contribution in [3.63, 3.8) is 0 Å². The van der Waals surface area contributed by atoms with Crippen molar-refractivity contribution >= 4 is 6.34 Å². The van der Waals surface area contributed by atoms with E-state index in [1.807, 2.05) is 0 Å². The molecule has 2 atom stereocenters. The molecule has 0 bridgehead atoms. The lowest BCUT2D eigenvalue weighted by atomic mass is 10.0. The van der Waals surface area contributed by atoms with Gasteiger partial charge in [-0.15, -0.1) is 0 Å². The molecule has 0 unspecified atom stereocenters. The van der Waals surface area contributed by atoms with Crippen LogP contribution in [-0.4, -0.2) is 18.9 Å². The van der Waals surface area contributed by atoms with Gasteiger partial charge >= 0.3 is 0 Å². The van der Waals surface area contributed by atoms with Crippen molar-refractivity contribution in [1.82, 2.24) is 5.32 Å². The fourth-order valence-electron chi connectivity index (χ4n) is 0.712. The van der Waals surface area contributed by atoms with E-state index in [0.717, 1.165) is 6.54 Å². The first-order chi connectivity index (χ1) is 3.80. The van der Waals surface area contributed by atoms with Crippen LogP contribution in [-0.2, 0) is 0 Å². The van der Waals surface area contributed by atoms with Crippen molar-refractivity contribution < 1.29 is 0 Å². The maximum atomic E-state index is 4.07. The van der Waals surface area contributed by atoms with E-state index in [4.69, 9.17) is 0 Å². The van der Waals surface area contributed by atoms with Crippen LogP contribution in [0, 0.1) is 5.92 Å².